The van der Waals surface area contributed by atoms with E-state index >= 15 is 0 Å². The summed E-state index contributed by atoms with van der Waals surface area (Å²) in [7, 11) is -1.07. The SMILES string of the molecule is CNCCC(C)(O)CCCS(C)(=O)=O. The van der Waals surface area contributed by atoms with E-state index in [0.29, 0.717) is 19.3 Å². The van der Waals surface area contributed by atoms with E-state index in [0.717, 1.165) is 6.54 Å². The van der Waals surface area contributed by atoms with Crippen LogP contribution in [0.5, 0.6) is 0 Å². The van der Waals surface area contributed by atoms with Crippen LogP contribution in [-0.2, 0) is 9.84 Å². The molecule has 5 heteroatoms. The lowest BCUT2D eigenvalue weighted by atomic mass is 9.97. The third kappa shape index (κ3) is 8.47. The molecule has 0 fully saturated rings. The van der Waals surface area contributed by atoms with Crippen molar-refractivity contribution in [2.75, 3.05) is 25.6 Å². The van der Waals surface area contributed by atoms with Crippen LogP contribution >= 0.6 is 0 Å². The van der Waals surface area contributed by atoms with Gasteiger partial charge in [-0.15, -0.1) is 0 Å². The topological polar surface area (TPSA) is 66.4 Å². The fourth-order valence-corrected chi connectivity index (χ4v) is 1.90. The van der Waals surface area contributed by atoms with Crippen LogP contribution in [-0.4, -0.2) is 44.7 Å². The van der Waals surface area contributed by atoms with Crippen molar-refractivity contribution in [3.05, 3.63) is 0 Å². The molecule has 86 valence electrons. The fraction of sp³-hybridized carbons (Fsp3) is 1.00. The molecular weight excluding hydrogens is 202 g/mol. The van der Waals surface area contributed by atoms with Gasteiger partial charge in [-0.25, -0.2) is 8.42 Å². The zero-order valence-electron chi connectivity index (χ0n) is 9.21. The summed E-state index contributed by atoms with van der Waals surface area (Å²) in [6.07, 6.45) is 2.92. The first-order chi connectivity index (χ1) is 6.27. The molecule has 0 radical (unpaired) electrons. The minimum Gasteiger partial charge on any atom is -0.390 e. The molecule has 0 aliphatic rings. The van der Waals surface area contributed by atoms with Crippen molar-refractivity contribution in [1.29, 1.82) is 0 Å². The van der Waals surface area contributed by atoms with Crippen LogP contribution in [0.2, 0.25) is 0 Å². The lowest BCUT2D eigenvalue weighted by Crippen LogP contribution is -2.29. The van der Waals surface area contributed by atoms with Gasteiger partial charge in [-0.05, 0) is 39.8 Å². The predicted molar refractivity (Wildman–Crippen MR) is 58.1 cm³/mol. The molecule has 0 aliphatic heterocycles. The Morgan fingerprint density at radius 3 is 2.36 bits per heavy atom. The third-order valence-corrected chi connectivity index (χ3v) is 3.17. The Labute approximate surface area is 86.6 Å². The standard InChI is InChI=1S/C9H21NO3S/c1-9(11,6-7-10-2)5-4-8-14(3,12)13/h10-11H,4-8H2,1-3H3. The minimum atomic E-state index is -2.89. The largest absolute Gasteiger partial charge is 0.390 e. The maximum absolute atomic E-state index is 10.8. The lowest BCUT2D eigenvalue weighted by Gasteiger charge is -2.22. The molecule has 0 saturated carbocycles. The summed E-state index contributed by atoms with van der Waals surface area (Å²) in [6, 6.07) is 0. The minimum absolute atomic E-state index is 0.155. The van der Waals surface area contributed by atoms with Crippen LogP contribution in [0.1, 0.15) is 26.2 Å². The van der Waals surface area contributed by atoms with Gasteiger partial charge >= 0.3 is 0 Å². The molecule has 0 amide bonds. The van der Waals surface area contributed by atoms with Crippen LogP contribution in [0.15, 0.2) is 0 Å². The van der Waals surface area contributed by atoms with E-state index in [4.69, 9.17) is 0 Å². The highest BCUT2D eigenvalue weighted by molar-refractivity contribution is 7.90. The molecule has 2 N–H and O–H groups in total. The summed E-state index contributed by atoms with van der Waals surface area (Å²) in [5.74, 6) is 0.155. The fourth-order valence-electron chi connectivity index (χ4n) is 1.23. The second kappa shape index (κ2) is 5.68. The van der Waals surface area contributed by atoms with Gasteiger partial charge in [0.15, 0.2) is 0 Å². The lowest BCUT2D eigenvalue weighted by molar-refractivity contribution is 0.0423. The second-order valence-corrected chi connectivity index (χ2v) is 6.34. The number of hydrogen-bond acceptors (Lipinski definition) is 4. The summed E-state index contributed by atoms with van der Waals surface area (Å²) in [5, 5.41) is 12.8. The number of rotatable bonds is 7. The van der Waals surface area contributed by atoms with Crippen LogP contribution in [0.3, 0.4) is 0 Å². The van der Waals surface area contributed by atoms with E-state index in [2.05, 4.69) is 5.32 Å². The van der Waals surface area contributed by atoms with Gasteiger partial charge < -0.3 is 10.4 Å². The molecule has 1 unspecified atom stereocenters. The van der Waals surface area contributed by atoms with Crippen LogP contribution in [0.4, 0.5) is 0 Å². The van der Waals surface area contributed by atoms with Crippen LogP contribution in [0, 0.1) is 0 Å². The highest BCUT2D eigenvalue weighted by Crippen LogP contribution is 2.16. The Bertz CT molecular complexity index is 247. The summed E-state index contributed by atoms with van der Waals surface area (Å²) in [6.45, 7) is 2.48. The monoisotopic (exact) mass is 223 g/mol. The van der Waals surface area contributed by atoms with Crippen molar-refractivity contribution in [3.63, 3.8) is 0 Å². The Morgan fingerprint density at radius 2 is 1.93 bits per heavy atom. The molecule has 14 heavy (non-hydrogen) atoms. The Balaban J connectivity index is 3.76. The zero-order valence-corrected chi connectivity index (χ0v) is 10.0. The van der Waals surface area contributed by atoms with E-state index in [1.165, 1.54) is 6.26 Å². The van der Waals surface area contributed by atoms with E-state index < -0.39 is 15.4 Å². The van der Waals surface area contributed by atoms with Crippen molar-refractivity contribution in [2.24, 2.45) is 0 Å². The number of nitrogens with one attached hydrogen (secondary N) is 1. The molecular formula is C9H21NO3S. The molecule has 0 bridgehead atoms. The summed E-state index contributed by atoms with van der Waals surface area (Å²) < 4.78 is 21.7. The van der Waals surface area contributed by atoms with Gasteiger partial charge in [0, 0.05) is 12.0 Å². The van der Waals surface area contributed by atoms with Gasteiger partial charge in [-0.2, -0.15) is 0 Å². The van der Waals surface area contributed by atoms with Crippen molar-refractivity contribution in [2.45, 2.75) is 31.8 Å². The van der Waals surface area contributed by atoms with E-state index in [9.17, 15) is 13.5 Å². The first kappa shape index (κ1) is 13.9. The summed E-state index contributed by atoms with van der Waals surface area (Å²) >= 11 is 0. The zero-order chi connectivity index (χ0) is 11.2. The smallest absolute Gasteiger partial charge is 0.147 e. The molecule has 0 heterocycles. The quantitative estimate of drug-likeness (QED) is 0.646. The second-order valence-electron chi connectivity index (χ2n) is 4.08. The maximum atomic E-state index is 10.8. The normalized spacial score (nSPS) is 16.6. The summed E-state index contributed by atoms with van der Waals surface area (Å²) in [4.78, 5) is 0. The van der Waals surface area contributed by atoms with Gasteiger partial charge in [0.05, 0.1) is 5.60 Å². The highest BCUT2D eigenvalue weighted by atomic mass is 32.2. The van der Waals surface area contributed by atoms with Crippen molar-refractivity contribution >= 4 is 9.84 Å². The van der Waals surface area contributed by atoms with Crippen molar-refractivity contribution < 1.29 is 13.5 Å². The average molecular weight is 223 g/mol. The maximum Gasteiger partial charge on any atom is 0.147 e. The molecule has 4 nitrogen and oxygen atoms in total. The van der Waals surface area contributed by atoms with E-state index in [1.807, 2.05) is 7.05 Å². The molecule has 0 aromatic rings. The van der Waals surface area contributed by atoms with Gasteiger partial charge in [0.2, 0.25) is 0 Å². The molecule has 0 saturated heterocycles. The Kier molecular flexibility index (Phi) is 5.63. The van der Waals surface area contributed by atoms with Crippen LogP contribution < -0.4 is 5.32 Å². The predicted octanol–water partition coefficient (Wildman–Crippen LogP) is 0.172. The first-order valence-electron chi connectivity index (χ1n) is 4.81. The molecule has 0 aliphatic carbocycles. The number of sulfone groups is 1. The van der Waals surface area contributed by atoms with E-state index in [-0.39, 0.29) is 5.75 Å². The number of aliphatic hydroxyl groups is 1. The van der Waals surface area contributed by atoms with Crippen LogP contribution in [0.25, 0.3) is 0 Å². The number of hydrogen-bond donors (Lipinski definition) is 2. The third-order valence-electron chi connectivity index (χ3n) is 2.14. The van der Waals surface area contributed by atoms with Gasteiger partial charge in [-0.1, -0.05) is 0 Å². The molecule has 0 spiro atoms. The molecule has 0 rings (SSSR count). The average Bonchev–Trinajstić information content (AvgIpc) is 1.98. The molecule has 0 aromatic heterocycles. The van der Waals surface area contributed by atoms with Gasteiger partial charge in [-0.3, -0.25) is 0 Å². The van der Waals surface area contributed by atoms with Crippen molar-refractivity contribution in [3.8, 4) is 0 Å². The van der Waals surface area contributed by atoms with Crippen molar-refractivity contribution in [1.82, 2.24) is 5.32 Å². The molecule has 0 aromatic carbocycles. The van der Waals surface area contributed by atoms with Gasteiger partial charge in [0.1, 0.15) is 9.84 Å². The molecule has 1 atom stereocenters. The summed E-state index contributed by atoms with van der Waals surface area (Å²) in [5.41, 5.74) is -0.756. The van der Waals surface area contributed by atoms with E-state index in [1.54, 1.807) is 6.92 Å². The Hall–Kier alpha value is -0.130. The Morgan fingerprint density at radius 1 is 1.36 bits per heavy atom. The van der Waals surface area contributed by atoms with Gasteiger partial charge in [0.25, 0.3) is 0 Å². The first-order valence-corrected chi connectivity index (χ1v) is 6.88. The highest BCUT2D eigenvalue weighted by Gasteiger charge is 2.19.